The topological polar surface area (TPSA) is 159 Å². The van der Waals surface area contributed by atoms with Crippen molar-refractivity contribution in [2.45, 2.75) is 98.1 Å². The second kappa shape index (κ2) is 12.0. The van der Waals surface area contributed by atoms with Crippen LogP contribution in [0.4, 0.5) is 25.8 Å². The summed E-state index contributed by atoms with van der Waals surface area (Å²) in [4.78, 5) is 49.0. The second-order valence-corrected chi connectivity index (χ2v) is 12.5. The van der Waals surface area contributed by atoms with Crippen LogP contribution in [-0.2, 0) is 14.2 Å². The minimum atomic E-state index is -0.925. The molecule has 3 amide bonds. The quantitative estimate of drug-likeness (QED) is 0.215. The van der Waals surface area contributed by atoms with Crippen molar-refractivity contribution < 1.29 is 28.6 Å². The molecular weight excluding hydrogens is 506 g/mol. The fourth-order valence-corrected chi connectivity index (χ4v) is 4.02. The second-order valence-electron chi connectivity index (χ2n) is 12.5. The number of aromatic nitrogens is 1. The van der Waals surface area contributed by atoms with Gasteiger partial charge in [0, 0.05) is 24.2 Å². The van der Waals surface area contributed by atoms with Crippen molar-refractivity contribution in [1.29, 1.82) is 0 Å². The molecule has 1 fully saturated rings. The van der Waals surface area contributed by atoms with Crippen LogP contribution < -0.4 is 15.1 Å². The van der Waals surface area contributed by atoms with Crippen molar-refractivity contribution in [1.82, 2.24) is 10.3 Å². The molecule has 1 aliphatic rings. The van der Waals surface area contributed by atoms with Crippen molar-refractivity contribution in [2.75, 3.05) is 22.9 Å². The summed E-state index contributed by atoms with van der Waals surface area (Å²) in [7, 11) is 0. The molecule has 0 aliphatic carbocycles. The molecule has 0 spiro atoms. The number of anilines is 2. The van der Waals surface area contributed by atoms with Crippen LogP contribution in [0.15, 0.2) is 23.6 Å². The third kappa shape index (κ3) is 9.51. The summed E-state index contributed by atoms with van der Waals surface area (Å²) in [5.74, 6) is -0.216. The van der Waals surface area contributed by atoms with Gasteiger partial charge in [0.2, 0.25) is 0 Å². The number of piperidine rings is 1. The monoisotopic (exact) mass is 547 g/mol. The van der Waals surface area contributed by atoms with Gasteiger partial charge in [0.05, 0.1) is 24.0 Å². The van der Waals surface area contributed by atoms with Gasteiger partial charge in [-0.3, -0.25) is 4.98 Å². The largest absolute Gasteiger partial charge is 0.444 e. The summed E-state index contributed by atoms with van der Waals surface area (Å²) in [6, 6.07) is 0.469. The van der Waals surface area contributed by atoms with Crippen LogP contribution in [0.2, 0.25) is 0 Å². The van der Waals surface area contributed by atoms with E-state index in [1.54, 1.807) is 68.4 Å². The van der Waals surface area contributed by atoms with E-state index in [-0.39, 0.29) is 18.2 Å². The smallest absolute Gasteiger partial charge is 0.424 e. The van der Waals surface area contributed by atoms with Crippen molar-refractivity contribution in [3.63, 3.8) is 0 Å². The Morgan fingerprint density at radius 1 is 1.00 bits per heavy atom. The van der Waals surface area contributed by atoms with E-state index in [0.717, 1.165) is 4.90 Å². The fourth-order valence-electron chi connectivity index (χ4n) is 4.02. The van der Waals surface area contributed by atoms with Crippen molar-refractivity contribution in [3.8, 4) is 0 Å². The minimum Gasteiger partial charge on any atom is -0.444 e. The highest BCUT2D eigenvalue weighted by Crippen LogP contribution is 2.34. The van der Waals surface area contributed by atoms with Gasteiger partial charge < -0.3 is 24.4 Å². The van der Waals surface area contributed by atoms with Crippen molar-refractivity contribution >= 4 is 29.7 Å². The summed E-state index contributed by atoms with van der Waals surface area (Å²) >= 11 is 0. The van der Waals surface area contributed by atoms with E-state index in [9.17, 15) is 14.4 Å². The molecule has 1 N–H and O–H groups in total. The van der Waals surface area contributed by atoms with Gasteiger partial charge in [0.25, 0.3) is 0 Å². The molecule has 1 aliphatic heterocycles. The molecular formula is C26H41N7O6. The first kappa shape index (κ1) is 31.5. The number of imide groups is 1. The SMILES string of the molecule is C[C@H]1CN(c2ccncc2N(C(=O)OC(C)(C)C)C(=O)OC(C)(C)C)CC(NC(=O)OC(C)(C)C)C1N=[N+]=[N-]. The number of alkyl carbamates (subject to hydrolysis) is 1. The van der Waals surface area contributed by atoms with Gasteiger partial charge in [-0.2, -0.15) is 4.90 Å². The van der Waals surface area contributed by atoms with E-state index < -0.39 is 47.2 Å². The lowest BCUT2D eigenvalue weighted by Gasteiger charge is -2.43. The maximum atomic E-state index is 13.3. The lowest BCUT2D eigenvalue weighted by molar-refractivity contribution is 0.0427. The molecule has 216 valence electrons. The lowest BCUT2D eigenvalue weighted by Crippen LogP contribution is -2.58. The van der Waals surface area contributed by atoms with E-state index in [2.05, 4.69) is 20.3 Å². The van der Waals surface area contributed by atoms with E-state index >= 15 is 0 Å². The van der Waals surface area contributed by atoms with Gasteiger partial charge >= 0.3 is 18.3 Å². The number of amides is 3. The highest BCUT2D eigenvalue weighted by atomic mass is 16.6. The Morgan fingerprint density at radius 3 is 2.03 bits per heavy atom. The number of ether oxygens (including phenoxy) is 3. The summed E-state index contributed by atoms with van der Waals surface area (Å²) in [6.07, 6.45) is 0.405. The Labute approximate surface area is 229 Å². The van der Waals surface area contributed by atoms with Gasteiger partial charge in [-0.1, -0.05) is 12.0 Å². The maximum Gasteiger partial charge on any atom is 0.424 e. The number of pyridine rings is 1. The molecule has 0 aromatic carbocycles. The highest BCUT2D eigenvalue weighted by molar-refractivity contribution is 6.11. The lowest BCUT2D eigenvalue weighted by atomic mass is 9.90. The molecule has 13 nitrogen and oxygen atoms in total. The van der Waals surface area contributed by atoms with Crippen LogP contribution in [-0.4, -0.2) is 65.2 Å². The standard InChI is InChI=1S/C26H41N7O6/c1-16-14-32(15-17(20(16)30-31-27)29-21(34)37-24(2,3)4)18-11-12-28-13-19(18)33(22(35)38-25(5,6)7)23(36)39-26(8,9)10/h11-13,16-17,20H,14-15H2,1-10H3,(H,29,34)/t16-,17?,20?/m0/s1. The Hall–Kier alpha value is -3.73. The van der Waals surface area contributed by atoms with Crippen LogP contribution in [0.25, 0.3) is 10.4 Å². The first-order valence-electron chi connectivity index (χ1n) is 12.8. The molecule has 0 saturated carbocycles. The van der Waals surface area contributed by atoms with E-state index in [1.807, 2.05) is 11.8 Å². The van der Waals surface area contributed by atoms with Crippen LogP contribution >= 0.6 is 0 Å². The third-order valence-electron chi connectivity index (χ3n) is 5.32. The van der Waals surface area contributed by atoms with Crippen molar-refractivity contribution in [2.24, 2.45) is 11.0 Å². The van der Waals surface area contributed by atoms with Crippen LogP contribution in [0.1, 0.15) is 69.2 Å². The number of hydrogen-bond acceptors (Lipinski definition) is 9. The van der Waals surface area contributed by atoms with E-state index in [0.29, 0.717) is 12.2 Å². The molecule has 13 heteroatoms. The van der Waals surface area contributed by atoms with Crippen LogP contribution in [0.5, 0.6) is 0 Å². The average molecular weight is 548 g/mol. The zero-order valence-corrected chi connectivity index (χ0v) is 24.5. The number of nitrogens with one attached hydrogen (secondary N) is 1. The van der Waals surface area contributed by atoms with Gasteiger partial charge in [-0.25, -0.2) is 14.4 Å². The first-order chi connectivity index (χ1) is 17.8. The van der Waals surface area contributed by atoms with Gasteiger partial charge in [0.1, 0.15) is 22.5 Å². The number of carbonyl (C=O) groups excluding carboxylic acids is 3. The van der Waals surface area contributed by atoms with E-state index in [4.69, 9.17) is 19.7 Å². The zero-order valence-electron chi connectivity index (χ0n) is 24.5. The molecule has 0 bridgehead atoms. The summed E-state index contributed by atoms with van der Waals surface area (Å²) < 4.78 is 16.5. The molecule has 39 heavy (non-hydrogen) atoms. The predicted octanol–water partition coefficient (Wildman–Crippen LogP) is 5.79. The number of rotatable bonds is 4. The third-order valence-corrected chi connectivity index (χ3v) is 5.32. The normalized spacial score (nSPS) is 19.8. The Bertz CT molecular complexity index is 1070. The van der Waals surface area contributed by atoms with E-state index in [1.165, 1.54) is 12.4 Å². The number of nitrogens with zero attached hydrogens (tertiary/aromatic N) is 6. The highest BCUT2D eigenvalue weighted by Gasteiger charge is 2.39. The summed E-state index contributed by atoms with van der Waals surface area (Å²) in [5.41, 5.74) is 7.29. The minimum absolute atomic E-state index is 0.145. The predicted molar refractivity (Wildman–Crippen MR) is 147 cm³/mol. The Balaban J connectivity index is 2.52. The molecule has 3 atom stereocenters. The van der Waals surface area contributed by atoms with Gasteiger partial charge in [-0.15, -0.1) is 0 Å². The summed E-state index contributed by atoms with van der Waals surface area (Å²) in [6.45, 7) is 17.9. The maximum absolute atomic E-state index is 13.3. The van der Waals surface area contributed by atoms with Gasteiger partial charge in [0.15, 0.2) is 0 Å². The Kier molecular flexibility index (Phi) is 9.67. The molecule has 2 rings (SSSR count). The average Bonchev–Trinajstić information content (AvgIpc) is 2.72. The zero-order chi connectivity index (χ0) is 29.8. The molecule has 2 unspecified atom stereocenters. The van der Waals surface area contributed by atoms with Crippen LogP contribution in [0, 0.1) is 5.92 Å². The molecule has 1 aromatic rings. The molecule has 1 saturated heterocycles. The molecule has 2 heterocycles. The van der Waals surface area contributed by atoms with Crippen molar-refractivity contribution in [3.05, 3.63) is 28.9 Å². The number of hydrogen-bond donors (Lipinski definition) is 1. The number of carbonyl (C=O) groups is 3. The molecule has 0 radical (unpaired) electrons. The van der Waals surface area contributed by atoms with Gasteiger partial charge in [-0.05, 0) is 79.8 Å². The molecule has 1 aromatic heterocycles. The Morgan fingerprint density at radius 2 is 1.54 bits per heavy atom. The fraction of sp³-hybridized carbons (Fsp3) is 0.692. The summed E-state index contributed by atoms with van der Waals surface area (Å²) in [5, 5.41) is 6.75. The number of azide groups is 1. The first-order valence-corrected chi connectivity index (χ1v) is 12.8. The van der Waals surface area contributed by atoms with Crippen LogP contribution in [0.3, 0.4) is 0 Å².